The normalized spacial score (nSPS) is 27.8. The van der Waals surface area contributed by atoms with E-state index >= 15 is 0 Å². The minimum atomic E-state index is -1.54. The summed E-state index contributed by atoms with van der Waals surface area (Å²) in [7, 11) is 0. The quantitative estimate of drug-likeness (QED) is 0.287. The summed E-state index contributed by atoms with van der Waals surface area (Å²) >= 11 is 0. The van der Waals surface area contributed by atoms with Gasteiger partial charge in [0.25, 0.3) is 0 Å². The summed E-state index contributed by atoms with van der Waals surface area (Å²) in [5, 5.41) is 50.5. The van der Waals surface area contributed by atoms with E-state index in [2.05, 4.69) is 0 Å². The van der Waals surface area contributed by atoms with Crippen molar-refractivity contribution in [3.05, 3.63) is 47.5 Å². The van der Waals surface area contributed by atoms with E-state index in [0.717, 1.165) is 11.1 Å². The maximum atomic E-state index is 10.4. The molecule has 0 unspecified atom stereocenters. The Labute approximate surface area is 213 Å². The molecule has 11 nitrogen and oxygen atoms in total. The molecule has 0 bridgehead atoms. The third kappa shape index (κ3) is 5.63. The topological polar surface area (TPSA) is 157 Å². The van der Waals surface area contributed by atoms with E-state index in [1.165, 1.54) is 0 Å². The van der Waals surface area contributed by atoms with Gasteiger partial charge in [0.15, 0.2) is 29.3 Å². The monoisotopic (exact) mass is 520 g/mol. The lowest BCUT2D eigenvalue weighted by molar-refractivity contribution is -0.304. The highest BCUT2D eigenvalue weighted by Crippen LogP contribution is 2.36. The van der Waals surface area contributed by atoms with Crippen molar-refractivity contribution in [2.24, 2.45) is 11.8 Å². The molecule has 5 N–H and O–H groups in total. The second-order valence-electron chi connectivity index (χ2n) is 9.52. The van der Waals surface area contributed by atoms with Gasteiger partial charge in [0.2, 0.25) is 13.6 Å². The Morgan fingerprint density at radius 2 is 1.30 bits per heavy atom. The lowest BCUT2D eigenvalue weighted by Gasteiger charge is -2.40. The van der Waals surface area contributed by atoms with Crippen LogP contribution in [0.1, 0.15) is 11.1 Å². The number of aliphatic hydroxyl groups excluding tert-OH is 5. The molecule has 3 heterocycles. The van der Waals surface area contributed by atoms with Gasteiger partial charge in [0.05, 0.1) is 13.2 Å². The first-order valence-electron chi connectivity index (χ1n) is 12.3. The molecule has 0 saturated carbocycles. The van der Waals surface area contributed by atoms with Crippen molar-refractivity contribution in [1.29, 1.82) is 0 Å². The van der Waals surface area contributed by atoms with Crippen molar-refractivity contribution >= 4 is 0 Å². The fraction of sp³-hybridized carbons (Fsp3) is 0.538. The molecular formula is C26H32O11. The van der Waals surface area contributed by atoms with Crippen molar-refractivity contribution < 1.29 is 54.0 Å². The molecule has 0 aliphatic carbocycles. The van der Waals surface area contributed by atoms with Gasteiger partial charge in [-0.05, 0) is 60.1 Å². The van der Waals surface area contributed by atoms with Gasteiger partial charge in [-0.2, -0.15) is 0 Å². The summed E-state index contributed by atoms with van der Waals surface area (Å²) in [5.41, 5.74) is 1.89. The number of rotatable bonds is 10. The molecular weight excluding hydrogens is 488 g/mol. The molecule has 3 aliphatic heterocycles. The Kier molecular flexibility index (Phi) is 8.01. The van der Waals surface area contributed by atoms with Gasteiger partial charge >= 0.3 is 0 Å². The summed E-state index contributed by atoms with van der Waals surface area (Å²) in [6, 6.07) is 11.3. The van der Waals surface area contributed by atoms with E-state index in [9.17, 15) is 25.5 Å². The molecule has 0 radical (unpaired) electrons. The highest BCUT2D eigenvalue weighted by Gasteiger charge is 2.44. The number of benzene rings is 2. The number of aliphatic hydroxyl groups is 5. The second kappa shape index (κ2) is 11.4. The third-order valence-electron chi connectivity index (χ3n) is 7.09. The summed E-state index contributed by atoms with van der Waals surface area (Å²) in [6.45, 7) is -0.295. The fourth-order valence-corrected chi connectivity index (χ4v) is 4.91. The van der Waals surface area contributed by atoms with E-state index in [0.29, 0.717) is 35.8 Å². The number of hydrogen-bond donors (Lipinski definition) is 5. The Balaban J connectivity index is 1.34. The zero-order valence-electron chi connectivity index (χ0n) is 20.1. The van der Waals surface area contributed by atoms with Crippen LogP contribution >= 0.6 is 0 Å². The molecule has 37 heavy (non-hydrogen) atoms. The molecule has 2 aromatic rings. The molecule has 5 rings (SSSR count). The smallest absolute Gasteiger partial charge is 0.231 e. The van der Waals surface area contributed by atoms with Gasteiger partial charge in [-0.25, -0.2) is 0 Å². The van der Waals surface area contributed by atoms with E-state index < -0.39 is 37.3 Å². The molecule has 202 valence electrons. The number of hydrogen-bond acceptors (Lipinski definition) is 11. The number of fused-ring (bicyclic) bond motifs is 2. The molecule has 3 aliphatic rings. The Morgan fingerprint density at radius 1 is 0.730 bits per heavy atom. The first-order chi connectivity index (χ1) is 18.0. The molecule has 7 atom stereocenters. The molecule has 0 amide bonds. The molecule has 0 spiro atoms. The van der Waals surface area contributed by atoms with Crippen LogP contribution in [-0.2, 0) is 22.3 Å². The van der Waals surface area contributed by atoms with Crippen LogP contribution in [0, 0.1) is 11.8 Å². The first-order valence-corrected chi connectivity index (χ1v) is 12.3. The van der Waals surface area contributed by atoms with Crippen LogP contribution in [0.4, 0.5) is 0 Å². The van der Waals surface area contributed by atoms with Gasteiger partial charge in [0, 0.05) is 6.61 Å². The van der Waals surface area contributed by atoms with Crippen LogP contribution < -0.4 is 18.9 Å². The average Bonchev–Trinajstić information content (AvgIpc) is 3.58. The SMILES string of the molecule is OC[C@H](Cc1ccc2c(c1)OCO2)[C@H](CO[C@H]1O[C@H](CO)[C@@H](O)[C@H](O)[C@H]1O)Cc1ccc2c(c1)OCO2. The Hall–Kier alpha value is -2.64. The summed E-state index contributed by atoms with van der Waals surface area (Å²) in [6.07, 6.45) is -5.83. The van der Waals surface area contributed by atoms with Crippen molar-refractivity contribution in [3.63, 3.8) is 0 Å². The van der Waals surface area contributed by atoms with Gasteiger partial charge in [-0.15, -0.1) is 0 Å². The molecule has 1 saturated heterocycles. The van der Waals surface area contributed by atoms with E-state index in [-0.39, 0.29) is 38.6 Å². The highest BCUT2D eigenvalue weighted by molar-refractivity contribution is 5.45. The largest absolute Gasteiger partial charge is 0.454 e. The van der Waals surface area contributed by atoms with E-state index in [1.54, 1.807) is 0 Å². The Morgan fingerprint density at radius 3 is 1.86 bits per heavy atom. The number of ether oxygens (including phenoxy) is 6. The van der Waals surface area contributed by atoms with Crippen LogP contribution in [0.3, 0.4) is 0 Å². The minimum Gasteiger partial charge on any atom is -0.454 e. The maximum absolute atomic E-state index is 10.4. The molecule has 1 fully saturated rings. The minimum absolute atomic E-state index is 0.0624. The first kappa shape index (κ1) is 26.0. The van der Waals surface area contributed by atoms with E-state index in [1.807, 2.05) is 36.4 Å². The second-order valence-corrected chi connectivity index (χ2v) is 9.52. The van der Waals surface area contributed by atoms with Gasteiger partial charge in [-0.1, -0.05) is 12.1 Å². The summed E-state index contributed by atoms with van der Waals surface area (Å²) in [4.78, 5) is 0. The summed E-state index contributed by atoms with van der Waals surface area (Å²) < 4.78 is 33.2. The van der Waals surface area contributed by atoms with Crippen molar-refractivity contribution in [1.82, 2.24) is 0 Å². The zero-order valence-corrected chi connectivity index (χ0v) is 20.1. The molecule has 2 aromatic carbocycles. The lowest BCUT2D eigenvalue weighted by Crippen LogP contribution is -2.59. The maximum Gasteiger partial charge on any atom is 0.231 e. The summed E-state index contributed by atoms with van der Waals surface area (Å²) in [5.74, 6) is 2.13. The fourth-order valence-electron chi connectivity index (χ4n) is 4.91. The van der Waals surface area contributed by atoms with E-state index in [4.69, 9.17) is 28.4 Å². The van der Waals surface area contributed by atoms with Crippen LogP contribution in [-0.4, -0.2) is 89.6 Å². The van der Waals surface area contributed by atoms with Crippen LogP contribution in [0.25, 0.3) is 0 Å². The van der Waals surface area contributed by atoms with Gasteiger partial charge in [-0.3, -0.25) is 0 Å². The predicted octanol–water partition coefficient (Wildman–Crippen LogP) is -0.0296. The highest BCUT2D eigenvalue weighted by atomic mass is 16.7. The Bertz CT molecular complexity index is 1060. The average molecular weight is 521 g/mol. The van der Waals surface area contributed by atoms with Crippen molar-refractivity contribution in [2.45, 2.75) is 43.5 Å². The third-order valence-corrected chi connectivity index (χ3v) is 7.09. The predicted molar refractivity (Wildman–Crippen MR) is 126 cm³/mol. The van der Waals surface area contributed by atoms with Crippen LogP contribution in [0.2, 0.25) is 0 Å². The van der Waals surface area contributed by atoms with Crippen molar-refractivity contribution in [2.75, 3.05) is 33.4 Å². The van der Waals surface area contributed by atoms with Crippen molar-refractivity contribution in [3.8, 4) is 23.0 Å². The van der Waals surface area contributed by atoms with Gasteiger partial charge in [0.1, 0.15) is 24.4 Å². The van der Waals surface area contributed by atoms with Crippen LogP contribution in [0.5, 0.6) is 23.0 Å². The van der Waals surface area contributed by atoms with Crippen LogP contribution in [0.15, 0.2) is 36.4 Å². The lowest BCUT2D eigenvalue weighted by atomic mass is 9.83. The van der Waals surface area contributed by atoms with Gasteiger partial charge < -0.3 is 54.0 Å². The molecule has 0 aromatic heterocycles. The zero-order chi connectivity index (χ0) is 25.9. The standard InChI is InChI=1S/C26H32O11/c27-9-16(5-14-1-3-18-20(7-14)35-12-33-18)17(6-15-2-4-19-21(8-15)36-13-34-19)11-32-26-25(31)24(30)23(29)22(10-28)37-26/h1-4,7-8,16-17,22-31H,5-6,9-13H2/t16-,17-,22+,23+,24-,25+,26-/m0/s1. The molecule has 11 heteroatoms.